The van der Waals surface area contributed by atoms with Crippen molar-refractivity contribution in [2.75, 3.05) is 38.6 Å². The van der Waals surface area contributed by atoms with Gasteiger partial charge in [0.25, 0.3) is 0 Å². The quantitative estimate of drug-likeness (QED) is 0.842. The van der Waals surface area contributed by atoms with Crippen LogP contribution in [0, 0.1) is 5.92 Å². The molecule has 2 N–H and O–H groups in total. The Morgan fingerprint density at radius 1 is 1.53 bits per heavy atom. The monoisotopic (exact) mass is 234 g/mol. The van der Waals surface area contributed by atoms with Crippen LogP contribution < -0.4 is 10.6 Å². The van der Waals surface area contributed by atoms with E-state index in [0.717, 1.165) is 18.2 Å². The largest absolute Gasteiger partial charge is 0.373 e. The third-order valence-corrected chi connectivity index (χ3v) is 3.48. The molecule has 2 rings (SSSR count). The van der Waals surface area contributed by atoms with Crippen LogP contribution in [-0.2, 0) is 6.54 Å². The maximum absolute atomic E-state index is 5.54. The van der Waals surface area contributed by atoms with Crippen molar-refractivity contribution in [3.63, 3.8) is 0 Å². The third-order valence-electron chi connectivity index (χ3n) is 3.48. The second-order valence-corrected chi connectivity index (χ2v) is 5.01. The lowest BCUT2D eigenvalue weighted by Gasteiger charge is -2.23. The van der Waals surface area contributed by atoms with E-state index in [4.69, 9.17) is 5.73 Å². The topological polar surface area (TPSA) is 45.4 Å². The maximum Gasteiger partial charge on any atom is 0.0550 e. The molecule has 17 heavy (non-hydrogen) atoms. The number of hydrogen-bond acceptors (Lipinski definition) is 4. The summed E-state index contributed by atoms with van der Waals surface area (Å²) in [5.41, 5.74) is 7.67. The Balaban J connectivity index is 1.92. The lowest BCUT2D eigenvalue weighted by molar-refractivity contribution is 0.396. The maximum atomic E-state index is 5.54. The summed E-state index contributed by atoms with van der Waals surface area (Å²) < 4.78 is 0. The van der Waals surface area contributed by atoms with Gasteiger partial charge in [-0.25, -0.2) is 0 Å². The van der Waals surface area contributed by atoms with Gasteiger partial charge in [0, 0.05) is 26.7 Å². The molecule has 1 aromatic heterocycles. The van der Waals surface area contributed by atoms with Gasteiger partial charge in [0.1, 0.15) is 0 Å². The Morgan fingerprint density at radius 3 is 2.88 bits per heavy atom. The summed E-state index contributed by atoms with van der Waals surface area (Å²) >= 11 is 0. The van der Waals surface area contributed by atoms with Crippen molar-refractivity contribution in [1.82, 2.24) is 9.88 Å². The van der Waals surface area contributed by atoms with Crippen molar-refractivity contribution >= 4 is 5.69 Å². The van der Waals surface area contributed by atoms with Crippen molar-refractivity contribution in [3.8, 4) is 0 Å². The first-order valence-corrected chi connectivity index (χ1v) is 6.23. The fourth-order valence-corrected chi connectivity index (χ4v) is 2.43. The Labute approximate surface area is 103 Å². The number of anilines is 1. The Bertz CT molecular complexity index is 349. The van der Waals surface area contributed by atoms with E-state index in [-0.39, 0.29) is 0 Å². The highest BCUT2D eigenvalue weighted by atomic mass is 15.2. The summed E-state index contributed by atoms with van der Waals surface area (Å²) in [6.45, 7) is 4.05. The van der Waals surface area contributed by atoms with Gasteiger partial charge in [-0.15, -0.1) is 0 Å². The van der Waals surface area contributed by atoms with Gasteiger partial charge >= 0.3 is 0 Å². The van der Waals surface area contributed by atoms with E-state index in [1.54, 1.807) is 0 Å². The van der Waals surface area contributed by atoms with E-state index < -0.39 is 0 Å². The van der Waals surface area contributed by atoms with Gasteiger partial charge in [-0.1, -0.05) is 0 Å². The summed E-state index contributed by atoms with van der Waals surface area (Å²) in [5, 5.41) is 0. The number of pyridine rings is 1. The molecule has 0 amide bonds. The van der Waals surface area contributed by atoms with Gasteiger partial charge in [0.2, 0.25) is 0 Å². The van der Waals surface area contributed by atoms with Crippen LogP contribution in [0.25, 0.3) is 0 Å². The van der Waals surface area contributed by atoms with Crippen LogP contribution >= 0.6 is 0 Å². The van der Waals surface area contributed by atoms with Gasteiger partial charge in [0.15, 0.2) is 0 Å². The zero-order chi connectivity index (χ0) is 12.3. The molecule has 1 unspecified atom stereocenters. The molecule has 1 atom stereocenters. The van der Waals surface area contributed by atoms with Crippen LogP contribution in [0.2, 0.25) is 0 Å². The van der Waals surface area contributed by atoms with Gasteiger partial charge in [-0.2, -0.15) is 0 Å². The van der Waals surface area contributed by atoms with Crippen molar-refractivity contribution in [1.29, 1.82) is 0 Å². The molecule has 94 valence electrons. The van der Waals surface area contributed by atoms with Crippen LogP contribution in [0.4, 0.5) is 5.69 Å². The third kappa shape index (κ3) is 3.17. The molecule has 0 aromatic carbocycles. The zero-order valence-corrected chi connectivity index (χ0v) is 10.8. The van der Waals surface area contributed by atoms with Gasteiger partial charge in [-0.05, 0) is 38.1 Å². The predicted octanol–water partition coefficient (Wildman–Crippen LogP) is 0.928. The number of rotatable bonds is 4. The lowest BCUT2D eigenvalue weighted by atomic mass is 10.1. The smallest absolute Gasteiger partial charge is 0.0550 e. The molecule has 0 bridgehead atoms. The van der Waals surface area contributed by atoms with Gasteiger partial charge in [0.05, 0.1) is 17.6 Å². The molecule has 1 saturated heterocycles. The highest BCUT2D eigenvalue weighted by Crippen LogP contribution is 2.19. The molecule has 0 saturated carbocycles. The number of nitrogens with two attached hydrogens (primary N) is 1. The average Bonchev–Trinajstić information content (AvgIpc) is 2.75. The van der Waals surface area contributed by atoms with Crippen molar-refractivity contribution in [3.05, 3.63) is 24.0 Å². The van der Waals surface area contributed by atoms with E-state index in [1.165, 1.54) is 25.2 Å². The minimum Gasteiger partial charge on any atom is -0.373 e. The molecule has 4 heteroatoms. The zero-order valence-electron chi connectivity index (χ0n) is 10.8. The Kier molecular flexibility index (Phi) is 3.97. The van der Waals surface area contributed by atoms with E-state index in [0.29, 0.717) is 6.54 Å². The van der Waals surface area contributed by atoms with Crippen LogP contribution in [0.5, 0.6) is 0 Å². The fourth-order valence-electron chi connectivity index (χ4n) is 2.43. The molecule has 0 aliphatic carbocycles. The molecule has 0 spiro atoms. The number of likely N-dealkylation sites (tertiary alicyclic amines) is 1. The van der Waals surface area contributed by atoms with E-state index >= 15 is 0 Å². The highest BCUT2D eigenvalue weighted by molar-refractivity contribution is 5.43. The molecule has 1 fully saturated rings. The van der Waals surface area contributed by atoms with Crippen LogP contribution in [0.3, 0.4) is 0 Å². The SMILES string of the molecule is CN1CCC(CN(C)c2ccc(CN)nc2)C1. The first-order chi connectivity index (χ1) is 8.19. The summed E-state index contributed by atoms with van der Waals surface area (Å²) in [5.74, 6) is 0.777. The van der Waals surface area contributed by atoms with Crippen LogP contribution in [0.15, 0.2) is 18.3 Å². The second kappa shape index (κ2) is 5.47. The normalized spacial score (nSPS) is 20.8. The summed E-state index contributed by atoms with van der Waals surface area (Å²) in [6, 6.07) is 4.11. The van der Waals surface area contributed by atoms with Crippen LogP contribution in [0.1, 0.15) is 12.1 Å². The van der Waals surface area contributed by atoms with E-state index in [9.17, 15) is 0 Å². The first kappa shape index (κ1) is 12.3. The van der Waals surface area contributed by atoms with E-state index in [1.807, 2.05) is 12.3 Å². The summed E-state index contributed by atoms with van der Waals surface area (Å²) in [4.78, 5) is 9.02. The Morgan fingerprint density at radius 2 is 2.35 bits per heavy atom. The summed E-state index contributed by atoms with van der Waals surface area (Å²) in [7, 11) is 4.33. The molecule has 4 nitrogen and oxygen atoms in total. The lowest BCUT2D eigenvalue weighted by Crippen LogP contribution is -2.27. The molecular formula is C13H22N4. The highest BCUT2D eigenvalue weighted by Gasteiger charge is 2.20. The van der Waals surface area contributed by atoms with Gasteiger partial charge in [-0.3, -0.25) is 4.98 Å². The van der Waals surface area contributed by atoms with Crippen molar-refractivity contribution < 1.29 is 0 Å². The van der Waals surface area contributed by atoms with Gasteiger partial charge < -0.3 is 15.5 Å². The fraction of sp³-hybridized carbons (Fsp3) is 0.615. The minimum absolute atomic E-state index is 0.511. The molecule has 0 radical (unpaired) electrons. The molecular weight excluding hydrogens is 212 g/mol. The van der Waals surface area contributed by atoms with Crippen LogP contribution in [-0.4, -0.2) is 43.6 Å². The Hall–Kier alpha value is -1.13. The molecule has 2 heterocycles. The minimum atomic E-state index is 0.511. The van der Waals surface area contributed by atoms with Crippen molar-refractivity contribution in [2.45, 2.75) is 13.0 Å². The predicted molar refractivity (Wildman–Crippen MR) is 71.0 cm³/mol. The average molecular weight is 234 g/mol. The molecule has 1 aliphatic rings. The molecule has 1 aliphatic heterocycles. The number of hydrogen-bond donors (Lipinski definition) is 1. The second-order valence-electron chi connectivity index (χ2n) is 5.01. The van der Waals surface area contributed by atoms with E-state index in [2.05, 4.69) is 34.9 Å². The standard InChI is InChI=1S/C13H22N4/c1-16-6-5-11(9-16)10-17(2)13-4-3-12(7-14)15-8-13/h3-4,8,11H,5-7,9-10,14H2,1-2H3. The molecule has 1 aromatic rings. The van der Waals surface area contributed by atoms with Crippen molar-refractivity contribution in [2.24, 2.45) is 11.7 Å². The summed E-state index contributed by atoms with van der Waals surface area (Å²) in [6.07, 6.45) is 3.22. The number of nitrogens with zero attached hydrogens (tertiary/aromatic N) is 3. The first-order valence-electron chi connectivity index (χ1n) is 6.23. The number of aromatic nitrogens is 1.